The highest BCUT2D eigenvalue weighted by molar-refractivity contribution is 5.87. The molecule has 1 atom stereocenters. The molecule has 0 aromatic carbocycles. The molecule has 8 heteroatoms. The Bertz CT molecular complexity index is 308. The molecule has 0 saturated carbocycles. The number of carbonyl (C=O) groups excluding carboxylic acids is 2. The number of hydrogen-bond donors (Lipinski definition) is 3. The number of primary amides is 1. The lowest BCUT2D eigenvalue weighted by Crippen LogP contribution is -2.49. The van der Waals surface area contributed by atoms with E-state index in [1.54, 1.807) is 6.92 Å². The van der Waals surface area contributed by atoms with Crippen LogP contribution in [0.1, 0.15) is 13.3 Å². The number of urea groups is 1. The van der Waals surface area contributed by atoms with E-state index < -0.39 is 30.4 Å². The first kappa shape index (κ1) is 16.2. The van der Waals surface area contributed by atoms with Crippen LogP contribution in [-0.4, -0.2) is 60.8 Å². The van der Waals surface area contributed by atoms with Crippen LogP contribution < -0.4 is 11.1 Å². The summed E-state index contributed by atoms with van der Waals surface area (Å²) >= 11 is 0. The Hall–Kier alpha value is -1.83. The molecule has 0 aliphatic heterocycles. The first-order valence-corrected chi connectivity index (χ1v) is 5.47. The fraction of sp³-hybridized carbons (Fsp3) is 0.700. The molecule has 0 aromatic heterocycles. The number of amides is 3. The Morgan fingerprint density at radius 1 is 1.44 bits per heavy atom. The van der Waals surface area contributed by atoms with Crippen molar-refractivity contribution in [3.63, 3.8) is 0 Å². The summed E-state index contributed by atoms with van der Waals surface area (Å²) in [4.78, 5) is 34.6. The van der Waals surface area contributed by atoms with Gasteiger partial charge >= 0.3 is 12.0 Å². The third kappa shape index (κ3) is 6.04. The molecule has 0 fully saturated rings. The van der Waals surface area contributed by atoms with Crippen molar-refractivity contribution in [1.29, 1.82) is 0 Å². The highest BCUT2D eigenvalue weighted by Crippen LogP contribution is 1.96. The quantitative estimate of drug-likeness (QED) is 0.517. The van der Waals surface area contributed by atoms with Gasteiger partial charge < -0.3 is 25.8 Å². The molecule has 0 aliphatic carbocycles. The molecule has 0 bridgehead atoms. The summed E-state index contributed by atoms with van der Waals surface area (Å²) < 4.78 is 4.83. The summed E-state index contributed by atoms with van der Waals surface area (Å²) in [5, 5.41) is 11.1. The summed E-state index contributed by atoms with van der Waals surface area (Å²) in [6.45, 7) is 2.83. The number of carboxylic acid groups (broad SMARTS) is 1. The summed E-state index contributed by atoms with van der Waals surface area (Å²) in [5.41, 5.74) is 4.91. The predicted molar refractivity (Wildman–Crippen MR) is 62.9 cm³/mol. The van der Waals surface area contributed by atoms with Crippen molar-refractivity contribution in [3.8, 4) is 0 Å². The van der Waals surface area contributed by atoms with Crippen molar-refractivity contribution >= 4 is 17.9 Å². The van der Waals surface area contributed by atoms with E-state index in [4.69, 9.17) is 15.6 Å². The van der Waals surface area contributed by atoms with Crippen LogP contribution in [0.5, 0.6) is 0 Å². The van der Waals surface area contributed by atoms with Crippen LogP contribution in [0.4, 0.5) is 4.79 Å². The highest BCUT2D eigenvalue weighted by atomic mass is 16.5. The normalized spacial score (nSPS) is 11.7. The number of ether oxygens (including phenoxy) is 1. The van der Waals surface area contributed by atoms with E-state index in [0.717, 1.165) is 0 Å². The molecule has 0 rings (SSSR count). The summed E-state index contributed by atoms with van der Waals surface area (Å²) in [7, 11) is 1.50. The van der Waals surface area contributed by atoms with Crippen molar-refractivity contribution in [2.24, 2.45) is 5.73 Å². The number of hydrogen-bond acceptors (Lipinski definition) is 4. The van der Waals surface area contributed by atoms with Gasteiger partial charge in [0.1, 0.15) is 6.04 Å². The topological polar surface area (TPSA) is 122 Å². The average molecular weight is 261 g/mol. The van der Waals surface area contributed by atoms with E-state index in [9.17, 15) is 14.4 Å². The molecule has 18 heavy (non-hydrogen) atoms. The van der Waals surface area contributed by atoms with E-state index in [-0.39, 0.29) is 0 Å². The van der Waals surface area contributed by atoms with Gasteiger partial charge in [-0.15, -0.1) is 0 Å². The maximum Gasteiger partial charge on any atom is 0.326 e. The smallest absolute Gasteiger partial charge is 0.326 e. The second kappa shape index (κ2) is 8.29. The molecule has 3 amide bonds. The van der Waals surface area contributed by atoms with Crippen LogP contribution in [-0.2, 0) is 14.3 Å². The molecule has 4 N–H and O–H groups in total. The number of nitrogens with zero attached hydrogens (tertiary/aromatic N) is 1. The Morgan fingerprint density at radius 3 is 2.44 bits per heavy atom. The van der Waals surface area contributed by atoms with E-state index in [2.05, 4.69) is 5.32 Å². The predicted octanol–water partition coefficient (Wildman–Crippen LogP) is -1.01. The Balaban J connectivity index is 4.46. The highest BCUT2D eigenvalue weighted by Gasteiger charge is 2.24. The Morgan fingerprint density at radius 2 is 2.06 bits per heavy atom. The third-order valence-electron chi connectivity index (χ3n) is 2.24. The lowest BCUT2D eigenvalue weighted by molar-refractivity contribution is -0.140. The maximum atomic E-state index is 11.7. The van der Waals surface area contributed by atoms with Gasteiger partial charge in [0.15, 0.2) is 0 Å². The minimum Gasteiger partial charge on any atom is -0.480 e. The fourth-order valence-corrected chi connectivity index (χ4v) is 1.25. The van der Waals surface area contributed by atoms with Crippen molar-refractivity contribution in [3.05, 3.63) is 0 Å². The lowest BCUT2D eigenvalue weighted by Gasteiger charge is -2.23. The molecule has 0 spiro atoms. The number of aliphatic carboxylic acids is 1. The van der Waals surface area contributed by atoms with Crippen molar-refractivity contribution in [2.45, 2.75) is 19.4 Å². The molecule has 0 unspecified atom stereocenters. The van der Waals surface area contributed by atoms with Crippen LogP contribution in [0.25, 0.3) is 0 Å². The van der Waals surface area contributed by atoms with E-state index in [1.807, 2.05) is 0 Å². The Labute approximate surface area is 105 Å². The molecule has 0 radical (unpaired) electrons. The maximum absolute atomic E-state index is 11.7. The SMILES string of the molecule is CCN(CCOC)C(=O)N[C@H](CC(N)=O)C(=O)O. The molecule has 0 heterocycles. The average Bonchev–Trinajstić information content (AvgIpc) is 2.28. The number of nitrogens with two attached hydrogens (primary N) is 1. The zero-order chi connectivity index (χ0) is 14.1. The molecular formula is C10H19N3O5. The summed E-state index contributed by atoms with van der Waals surface area (Å²) in [6, 6.07) is -1.88. The van der Waals surface area contributed by atoms with Crippen molar-refractivity contribution in [2.75, 3.05) is 26.8 Å². The number of carboxylic acids is 1. The number of likely N-dealkylation sites (N-methyl/N-ethyl adjacent to an activating group) is 1. The number of nitrogens with one attached hydrogen (secondary N) is 1. The number of carbonyl (C=O) groups is 3. The van der Waals surface area contributed by atoms with Gasteiger partial charge in [0.25, 0.3) is 0 Å². The van der Waals surface area contributed by atoms with E-state index in [1.165, 1.54) is 12.0 Å². The first-order chi connectivity index (χ1) is 8.42. The van der Waals surface area contributed by atoms with Gasteiger partial charge in [-0.3, -0.25) is 4.79 Å². The monoisotopic (exact) mass is 261 g/mol. The molecule has 104 valence electrons. The minimum absolute atomic E-state index is 0.335. The zero-order valence-electron chi connectivity index (χ0n) is 10.5. The molecule has 0 aliphatic rings. The van der Waals surface area contributed by atoms with Gasteiger partial charge in [0.2, 0.25) is 5.91 Å². The van der Waals surface area contributed by atoms with Crippen molar-refractivity contribution < 1.29 is 24.2 Å². The number of rotatable bonds is 8. The Kier molecular flexibility index (Phi) is 7.45. The van der Waals surface area contributed by atoms with Gasteiger partial charge in [-0.2, -0.15) is 0 Å². The van der Waals surface area contributed by atoms with Crippen LogP contribution in [0.15, 0.2) is 0 Å². The molecule has 0 saturated heterocycles. The third-order valence-corrected chi connectivity index (χ3v) is 2.24. The molecule has 0 aromatic rings. The van der Waals surface area contributed by atoms with Gasteiger partial charge in [0, 0.05) is 20.2 Å². The minimum atomic E-state index is -1.31. The van der Waals surface area contributed by atoms with Crippen molar-refractivity contribution in [1.82, 2.24) is 10.2 Å². The van der Waals surface area contributed by atoms with Crippen LogP contribution in [0.3, 0.4) is 0 Å². The van der Waals surface area contributed by atoms with Crippen LogP contribution in [0.2, 0.25) is 0 Å². The molecule has 8 nitrogen and oxygen atoms in total. The second-order valence-electron chi connectivity index (χ2n) is 3.58. The van der Waals surface area contributed by atoms with Gasteiger partial charge in [0.05, 0.1) is 13.0 Å². The van der Waals surface area contributed by atoms with Gasteiger partial charge in [-0.25, -0.2) is 9.59 Å². The number of methoxy groups -OCH3 is 1. The largest absolute Gasteiger partial charge is 0.480 e. The van der Waals surface area contributed by atoms with E-state index >= 15 is 0 Å². The van der Waals surface area contributed by atoms with Gasteiger partial charge in [-0.05, 0) is 6.92 Å². The second-order valence-corrected chi connectivity index (χ2v) is 3.58. The summed E-state index contributed by atoms with van der Waals surface area (Å²) in [6.07, 6.45) is -0.442. The fourth-order valence-electron chi connectivity index (χ4n) is 1.25. The molecular weight excluding hydrogens is 242 g/mol. The van der Waals surface area contributed by atoms with Crippen LogP contribution in [0, 0.1) is 0 Å². The zero-order valence-corrected chi connectivity index (χ0v) is 10.5. The lowest BCUT2D eigenvalue weighted by atomic mass is 10.2. The first-order valence-electron chi connectivity index (χ1n) is 5.47. The summed E-state index contributed by atoms with van der Waals surface area (Å²) in [5.74, 6) is -2.09. The van der Waals surface area contributed by atoms with Crippen LogP contribution >= 0.6 is 0 Å². The van der Waals surface area contributed by atoms with Gasteiger partial charge in [-0.1, -0.05) is 0 Å². The van der Waals surface area contributed by atoms with E-state index in [0.29, 0.717) is 19.7 Å². The standard InChI is InChI=1S/C10H19N3O5/c1-3-13(4-5-18-2)10(17)12-7(9(15)16)6-8(11)14/h7H,3-6H2,1-2H3,(H2,11,14)(H,12,17)(H,15,16)/t7-/m1/s1.